The van der Waals surface area contributed by atoms with Gasteiger partial charge >= 0.3 is 0 Å². The summed E-state index contributed by atoms with van der Waals surface area (Å²) in [6.07, 6.45) is 5.50. The number of nitrogens with one attached hydrogen (secondary N) is 1. The first-order chi connectivity index (χ1) is 9.60. The molecule has 2 unspecified atom stereocenters. The molecule has 20 heavy (non-hydrogen) atoms. The predicted molar refractivity (Wildman–Crippen MR) is 87.4 cm³/mol. The van der Waals surface area contributed by atoms with Gasteiger partial charge in [-0.3, -0.25) is 4.79 Å². The zero-order chi connectivity index (χ0) is 14.6. The first-order valence-corrected chi connectivity index (χ1v) is 8.69. The Morgan fingerprint density at radius 3 is 2.85 bits per heavy atom. The fraction of sp³-hybridized carbons (Fsp3) is 0.588. The molecule has 1 N–H and O–H groups in total. The van der Waals surface area contributed by atoms with Gasteiger partial charge < -0.3 is 5.32 Å². The lowest BCUT2D eigenvalue weighted by Crippen LogP contribution is -2.52. The Morgan fingerprint density at radius 2 is 2.20 bits per heavy atom. The van der Waals surface area contributed by atoms with Gasteiger partial charge in [0.15, 0.2) is 0 Å². The van der Waals surface area contributed by atoms with Gasteiger partial charge in [-0.1, -0.05) is 60.8 Å². The van der Waals surface area contributed by atoms with Crippen molar-refractivity contribution >= 4 is 21.8 Å². The van der Waals surface area contributed by atoms with Gasteiger partial charge in [-0.15, -0.1) is 0 Å². The highest BCUT2D eigenvalue weighted by molar-refractivity contribution is 9.09. The van der Waals surface area contributed by atoms with Gasteiger partial charge in [-0.05, 0) is 36.8 Å². The number of hydrogen-bond acceptors (Lipinski definition) is 1. The van der Waals surface area contributed by atoms with Gasteiger partial charge in [-0.2, -0.15) is 0 Å². The summed E-state index contributed by atoms with van der Waals surface area (Å²) >= 11 is 3.62. The average Bonchev–Trinajstić information content (AvgIpc) is 2.47. The molecule has 1 aliphatic carbocycles. The van der Waals surface area contributed by atoms with Crippen LogP contribution < -0.4 is 5.32 Å². The molecule has 1 aliphatic rings. The molecule has 1 saturated carbocycles. The largest absolute Gasteiger partial charge is 0.346 e. The summed E-state index contributed by atoms with van der Waals surface area (Å²) in [6.45, 7) is 4.37. The first kappa shape index (κ1) is 15.6. The standard InChI is InChI=1S/C17H24BrNO/c1-3-14-8-4-5-9-15(14)16(20)19-17(12-18)10-6-7-13(2)11-17/h4-5,8-9,13H,3,6-7,10-12H2,1-2H3,(H,19,20). The van der Waals surface area contributed by atoms with E-state index in [1.165, 1.54) is 12.8 Å². The second-order valence-corrected chi connectivity index (χ2v) is 6.64. The second kappa shape index (κ2) is 6.75. The van der Waals surface area contributed by atoms with Gasteiger partial charge in [0.2, 0.25) is 0 Å². The topological polar surface area (TPSA) is 29.1 Å². The highest BCUT2D eigenvalue weighted by Crippen LogP contribution is 2.34. The number of carbonyl (C=O) groups is 1. The molecule has 0 heterocycles. The van der Waals surface area contributed by atoms with Crippen LogP contribution in [0.2, 0.25) is 0 Å². The molecule has 1 fully saturated rings. The van der Waals surface area contributed by atoms with Crippen LogP contribution in [-0.4, -0.2) is 16.8 Å². The molecule has 0 bridgehead atoms. The Bertz CT molecular complexity index is 474. The van der Waals surface area contributed by atoms with Gasteiger partial charge in [0.05, 0.1) is 5.54 Å². The number of alkyl halides is 1. The van der Waals surface area contributed by atoms with E-state index < -0.39 is 0 Å². The number of benzene rings is 1. The first-order valence-electron chi connectivity index (χ1n) is 7.56. The van der Waals surface area contributed by atoms with E-state index in [0.717, 1.165) is 35.7 Å². The lowest BCUT2D eigenvalue weighted by atomic mass is 9.77. The highest BCUT2D eigenvalue weighted by Gasteiger charge is 2.35. The Morgan fingerprint density at radius 1 is 1.45 bits per heavy atom. The molecule has 0 saturated heterocycles. The molecule has 1 amide bonds. The maximum Gasteiger partial charge on any atom is 0.252 e. The number of hydrogen-bond donors (Lipinski definition) is 1. The van der Waals surface area contributed by atoms with E-state index in [2.05, 4.69) is 35.1 Å². The van der Waals surface area contributed by atoms with Crippen LogP contribution in [0.15, 0.2) is 24.3 Å². The summed E-state index contributed by atoms with van der Waals surface area (Å²) in [5, 5.41) is 4.16. The number of aryl methyl sites for hydroxylation is 1. The molecule has 0 aromatic heterocycles. The molecule has 1 aromatic rings. The highest BCUT2D eigenvalue weighted by atomic mass is 79.9. The minimum atomic E-state index is -0.0738. The van der Waals surface area contributed by atoms with Crippen molar-refractivity contribution in [2.45, 2.75) is 51.5 Å². The fourth-order valence-corrected chi connectivity index (χ4v) is 3.94. The molecule has 2 atom stereocenters. The molecular weight excluding hydrogens is 314 g/mol. The van der Waals surface area contributed by atoms with Gasteiger partial charge in [0.25, 0.3) is 5.91 Å². The van der Waals surface area contributed by atoms with Gasteiger partial charge in [0.1, 0.15) is 0 Å². The Labute approximate surface area is 130 Å². The van der Waals surface area contributed by atoms with Crippen molar-refractivity contribution in [2.75, 3.05) is 5.33 Å². The van der Waals surface area contributed by atoms with E-state index >= 15 is 0 Å². The maximum absolute atomic E-state index is 12.6. The fourth-order valence-electron chi connectivity index (χ4n) is 3.29. The van der Waals surface area contributed by atoms with Crippen molar-refractivity contribution in [1.82, 2.24) is 5.32 Å². The van der Waals surface area contributed by atoms with E-state index in [0.29, 0.717) is 5.92 Å². The van der Waals surface area contributed by atoms with Crippen LogP contribution in [0.25, 0.3) is 0 Å². The average molecular weight is 338 g/mol. The van der Waals surface area contributed by atoms with Crippen molar-refractivity contribution in [3.05, 3.63) is 35.4 Å². The van der Waals surface area contributed by atoms with E-state index in [-0.39, 0.29) is 11.4 Å². The van der Waals surface area contributed by atoms with Crippen molar-refractivity contribution in [1.29, 1.82) is 0 Å². The van der Waals surface area contributed by atoms with Crippen molar-refractivity contribution < 1.29 is 4.79 Å². The molecule has 110 valence electrons. The van der Waals surface area contributed by atoms with Crippen LogP contribution in [0.1, 0.15) is 55.5 Å². The Balaban J connectivity index is 2.17. The molecule has 2 rings (SSSR count). The maximum atomic E-state index is 12.6. The lowest BCUT2D eigenvalue weighted by molar-refractivity contribution is 0.0868. The van der Waals surface area contributed by atoms with Crippen LogP contribution in [0.4, 0.5) is 0 Å². The summed E-state index contributed by atoms with van der Waals surface area (Å²) in [7, 11) is 0. The van der Waals surface area contributed by atoms with E-state index in [9.17, 15) is 4.79 Å². The smallest absolute Gasteiger partial charge is 0.252 e. The normalized spacial score (nSPS) is 26.2. The third-order valence-corrected chi connectivity index (χ3v) is 5.44. The monoisotopic (exact) mass is 337 g/mol. The molecule has 3 heteroatoms. The summed E-state index contributed by atoms with van der Waals surface area (Å²) in [5.41, 5.74) is 1.88. The minimum Gasteiger partial charge on any atom is -0.346 e. The molecule has 0 spiro atoms. The van der Waals surface area contributed by atoms with E-state index in [1.54, 1.807) is 0 Å². The van der Waals surface area contributed by atoms with Crippen LogP contribution >= 0.6 is 15.9 Å². The third-order valence-electron chi connectivity index (χ3n) is 4.37. The zero-order valence-corrected chi connectivity index (χ0v) is 14.0. The van der Waals surface area contributed by atoms with Crippen LogP contribution in [0.3, 0.4) is 0 Å². The van der Waals surface area contributed by atoms with Crippen molar-refractivity contribution in [3.63, 3.8) is 0 Å². The van der Waals surface area contributed by atoms with Gasteiger partial charge in [-0.25, -0.2) is 0 Å². The van der Waals surface area contributed by atoms with E-state index in [4.69, 9.17) is 0 Å². The Kier molecular flexibility index (Phi) is 5.25. The number of amides is 1. The number of carbonyl (C=O) groups excluding carboxylic acids is 1. The SMILES string of the molecule is CCc1ccccc1C(=O)NC1(CBr)CCCC(C)C1. The molecule has 0 radical (unpaired) electrons. The summed E-state index contributed by atoms with van der Waals surface area (Å²) in [6, 6.07) is 7.92. The second-order valence-electron chi connectivity index (χ2n) is 6.08. The van der Waals surface area contributed by atoms with Crippen LogP contribution in [-0.2, 0) is 6.42 Å². The van der Waals surface area contributed by atoms with Crippen molar-refractivity contribution in [2.24, 2.45) is 5.92 Å². The molecule has 1 aromatic carbocycles. The lowest BCUT2D eigenvalue weighted by Gasteiger charge is -2.39. The predicted octanol–water partition coefficient (Wildman–Crippen LogP) is 4.32. The van der Waals surface area contributed by atoms with Gasteiger partial charge in [0, 0.05) is 10.9 Å². The van der Waals surface area contributed by atoms with E-state index in [1.807, 2.05) is 24.3 Å². The Hall–Kier alpha value is -0.830. The van der Waals surface area contributed by atoms with Crippen LogP contribution in [0, 0.1) is 5.92 Å². The summed E-state index contributed by atoms with van der Waals surface area (Å²) in [4.78, 5) is 12.6. The number of halogens is 1. The molecule has 2 nitrogen and oxygen atoms in total. The summed E-state index contributed by atoms with van der Waals surface area (Å²) in [5.74, 6) is 0.763. The number of rotatable bonds is 4. The summed E-state index contributed by atoms with van der Waals surface area (Å²) < 4.78 is 0. The molecular formula is C17H24BrNO. The third kappa shape index (κ3) is 3.43. The molecule has 0 aliphatic heterocycles. The van der Waals surface area contributed by atoms with Crippen molar-refractivity contribution in [3.8, 4) is 0 Å². The quantitative estimate of drug-likeness (QED) is 0.814. The minimum absolute atomic E-state index is 0.0738. The zero-order valence-electron chi connectivity index (χ0n) is 12.4. The van der Waals surface area contributed by atoms with Crippen LogP contribution in [0.5, 0.6) is 0 Å².